The van der Waals surface area contributed by atoms with E-state index < -0.39 is 184 Å². The molecule has 0 aliphatic heterocycles. The van der Waals surface area contributed by atoms with Gasteiger partial charge in [-0.3, -0.25) is 72.1 Å². The van der Waals surface area contributed by atoms with E-state index in [1.54, 1.807) is 0 Å². The van der Waals surface area contributed by atoms with Gasteiger partial charge in [0.05, 0.1) is 19.0 Å². The highest BCUT2D eigenvalue weighted by atomic mass is 31.2. The number of hydrogen-bond donors (Lipinski definition) is 19. The fourth-order valence-corrected chi connectivity index (χ4v) is 8.92. The lowest BCUT2D eigenvalue weighted by atomic mass is 10.00. The molecule has 34 nitrogen and oxygen atoms in total. The lowest BCUT2D eigenvalue weighted by molar-refractivity contribution is -0.139. The van der Waals surface area contributed by atoms with Crippen LogP contribution in [0.25, 0.3) is 0 Å². The van der Waals surface area contributed by atoms with Crippen molar-refractivity contribution in [3.8, 4) is 17.2 Å². The molecule has 504 valence electrons. The van der Waals surface area contributed by atoms with Crippen molar-refractivity contribution in [2.45, 2.75) is 140 Å². The second-order valence-electron chi connectivity index (χ2n) is 21.6. The first-order valence-corrected chi connectivity index (χ1v) is 30.2. The number of benzene rings is 3. The number of phenolic OH excluding ortho intramolecular Hbond substituents is 2. The van der Waals surface area contributed by atoms with E-state index in [1.807, 2.05) is 0 Å². The maximum absolute atomic E-state index is 14.2. The van der Waals surface area contributed by atoms with E-state index in [-0.39, 0.29) is 55.0 Å². The van der Waals surface area contributed by atoms with Crippen LogP contribution in [0.15, 0.2) is 72.8 Å². The minimum absolute atomic E-state index is 0.105. The molecule has 3 aromatic rings. The van der Waals surface area contributed by atoms with Crippen LogP contribution in [0.2, 0.25) is 0 Å². The van der Waals surface area contributed by atoms with Crippen molar-refractivity contribution >= 4 is 84.7 Å². The average molecular weight is 1310 g/mol. The zero-order chi connectivity index (χ0) is 69.0. The van der Waals surface area contributed by atoms with Gasteiger partial charge in [-0.1, -0.05) is 50.2 Å². The molecule has 0 fully saturated rings. The number of primary amides is 1. The van der Waals surface area contributed by atoms with Crippen molar-refractivity contribution < 1.29 is 102 Å². The zero-order valence-corrected chi connectivity index (χ0v) is 51.6. The summed E-state index contributed by atoms with van der Waals surface area (Å²) in [4.78, 5) is 191. The monoisotopic (exact) mass is 1310 g/mol. The van der Waals surface area contributed by atoms with E-state index in [0.29, 0.717) is 17.5 Å². The Morgan fingerprint density at radius 1 is 0.489 bits per heavy atom. The first-order valence-electron chi connectivity index (χ1n) is 28.7. The number of aliphatic carboxylic acids is 2. The quantitative estimate of drug-likeness (QED) is 0.0190. The molecular weight excluding hydrogens is 1230 g/mol. The van der Waals surface area contributed by atoms with E-state index >= 15 is 0 Å². The highest BCUT2D eigenvalue weighted by Gasteiger charge is 2.36. The summed E-state index contributed by atoms with van der Waals surface area (Å²) in [6.07, 6.45) is -2.67. The molecule has 22 N–H and O–H groups in total. The molecule has 92 heavy (non-hydrogen) atoms. The number of nitrogens with two attached hydrogens (primary N) is 3. The second-order valence-corrected chi connectivity index (χ2v) is 22.7. The first kappa shape index (κ1) is 76.5. The van der Waals surface area contributed by atoms with Crippen LogP contribution in [0, 0.1) is 5.92 Å². The topological polar surface area (TPSA) is 568 Å². The lowest BCUT2D eigenvalue weighted by Gasteiger charge is -2.28. The number of carboxylic acid groups (broad SMARTS) is 2. The minimum atomic E-state index is -4.95. The maximum atomic E-state index is 14.2. The van der Waals surface area contributed by atoms with Gasteiger partial charge in [0, 0.05) is 25.7 Å². The van der Waals surface area contributed by atoms with Gasteiger partial charge in [0.2, 0.25) is 65.0 Å². The SMILES string of the molecule is CC(C)[C@H](NC(=O)[C@H](CC(N)=O)NC(=O)[C@H](Cc1ccc(O)cc1)NC(=O)CNC(=O)[C@H](CCC(=O)O)NC(=O)[C@H](CCCCN)NC(=O)[C@H](Cc1ccc(O)cc1)NC(=O)[C@H](C)NC(=O)[C@H](C)N)C(=O)N[C@@H](Cc1ccc(OP(=O)(O)O)cc1)C(=O)NCC(=O)O. The van der Waals surface area contributed by atoms with Crippen LogP contribution < -0.4 is 74.9 Å². The Morgan fingerprint density at radius 3 is 1.38 bits per heavy atom. The smallest absolute Gasteiger partial charge is 0.508 e. The van der Waals surface area contributed by atoms with Crippen molar-refractivity contribution in [3.05, 3.63) is 89.5 Å². The first-order chi connectivity index (χ1) is 43.1. The zero-order valence-electron chi connectivity index (χ0n) is 50.7. The molecule has 0 spiro atoms. The molecule has 3 aromatic carbocycles. The number of rotatable bonds is 39. The van der Waals surface area contributed by atoms with Crippen molar-refractivity contribution in [1.82, 2.24) is 53.2 Å². The van der Waals surface area contributed by atoms with Crippen LogP contribution in [0.4, 0.5) is 0 Å². The Kier molecular flexibility index (Phi) is 31.1. The number of amides is 11. The van der Waals surface area contributed by atoms with Crippen LogP contribution in [0.3, 0.4) is 0 Å². The molecule has 0 saturated carbocycles. The number of phenols is 2. The third-order valence-electron chi connectivity index (χ3n) is 13.4. The summed E-state index contributed by atoms with van der Waals surface area (Å²) in [5.74, 6) is -15.4. The molecule has 0 heterocycles. The number of aromatic hydroxyl groups is 2. The predicted molar refractivity (Wildman–Crippen MR) is 323 cm³/mol. The van der Waals surface area contributed by atoms with Crippen molar-refractivity contribution in [3.63, 3.8) is 0 Å². The largest absolute Gasteiger partial charge is 0.524 e. The van der Waals surface area contributed by atoms with Crippen LogP contribution >= 0.6 is 7.82 Å². The van der Waals surface area contributed by atoms with E-state index in [9.17, 15) is 87.3 Å². The number of carbonyl (C=O) groups is 13. The van der Waals surface area contributed by atoms with Crippen LogP contribution in [-0.2, 0) is 86.2 Å². The summed E-state index contributed by atoms with van der Waals surface area (Å²) in [6, 6.07) is 2.26. The minimum Gasteiger partial charge on any atom is -0.508 e. The number of hydrogen-bond acceptors (Lipinski definition) is 19. The van der Waals surface area contributed by atoms with Gasteiger partial charge in [-0.05, 0) is 105 Å². The molecule has 0 radical (unpaired) electrons. The fraction of sp³-hybridized carbons (Fsp3) is 0.456. The fourth-order valence-electron chi connectivity index (χ4n) is 8.53. The van der Waals surface area contributed by atoms with Gasteiger partial charge in [-0.25, -0.2) is 4.57 Å². The number of nitrogens with one attached hydrogen (secondary N) is 10. The third kappa shape index (κ3) is 28.4. The molecule has 0 aliphatic carbocycles. The number of carbonyl (C=O) groups excluding carboxylic acids is 11. The van der Waals surface area contributed by atoms with Gasteiger partial charge in [0.1, 0.15) is 72.1 Å². The number of phosphoric ester groups is 1. The van der Waals surface area contributed by atoms with Crippen LogP contribution in [0.1, 0.15) is 82.9 Å². The standard InChI is InChI=1S/C57H80N13O21P/c1-29(2)48(57(87)69-40(52(82)62-28-47(77)78)23-34-12-18-37(19-13-34)91-92(88,89)90)70-56(86)43(26-44(60)73)68-54(84)41(24-32-8-14-35(71)15-9-32)64-45(74)27-61-51(81)39(20-21-46(75)76)66-53(83)38(7-5-6-22-58)65-55(85)42(25-33-10-16-36(72)17-11-33)67-50(80)31(4)63-49(79)30(3)59/h8-19,29-31,38-43,48,71-72H,5-7,20-28,58-59H2,1-4H3,(H2,60,73)(H,61,81)(H,62,82)(H,63,79)(H,64,74)(H,65,85)(H,66,83)(H,67,80)(H,68,84)(H,69,87)(H,70,86)(H,75,76)(H,77,78)(H2,88,89,90)/t30-,31-,38-,39-,40-,41-,42-,43-,48-/m0/s1. The Bertz CT molecular complexity index is 3130. The average Bonchev–Trinajstić information content (AvgIpc) is 0.932. The molecular formula is C57H80N13O21P. The van der Waals surface area contributed by atoms with Gasteiger partial charge >= 0.3 is 19.8 Å². The molecule has 0 saturated heterocycles. The van der Waals surface area contributed by atoms with E-state index in [4.69, 9.17) is 27.0 Å². The molecule has 11 amide bonds. The van der Waals surface area contributed by atoms with Crippen LogP contribution in [-0.4, -0.2) is 181 Å². The Morgan fingerprint density at radius 2 is 0.913 bits per heavy atom. The summed E-state index contributed by atoms with van der Waals surface area (Å²) < 4.78 is 15.8. The van der Waals surface area contributed by atoms with Crippen molar-refractivity contribution in [2.24, 2.45) is 23.1 Å². The number of carboxylic acids is 2. The predicted octanol–water partition coefficient (Wildman–Crippen LogP) is -4.32. The third-order valence-corrected chi connectivity index (χ3v) is 13.9. The maximum Gasteiger partial charge on any atom is 0.524 e. The normalized spacial score (nSPS) is 14.1. The van der Waals surface area contributed by atoms with Crippen LogP contribution in [0.5, 0.6) is 17.2 Å². The van der Waals surface area contributed by atoms with Gasteiger partial charge in [0.15, 0.2) is 0 Å². The highest BCUT2D eigenvalue weighted by molar-refractivity contribution is 7.46. The number of phosphoric acid groups is 1. The van der Waals surface area contributed by atoms with Gasteiger partial charge in [0.25, 0.3) is 0 Å². The van der Waals surface area contributed by atoms with Gasteiger partial charge < -0.3 is 95.3 Å². The summed E-state index contributed by atoms with van der Waals surface area (Å²) in [7, 11) is -4.95. The molecule has 0 bridgehead atoms. The molecule has 0 unspecified atom stereocenters. The summed E-state index contributed by atoms with van der Waals surface area (Å²) in [5, 5.41) is 62.5. The highest BCUT2D eigenvalue weighted by Crippen LogP contribution is 2.37. The van der Waals surface area contributed by atoms with Gasteiger partial charge in [-0.2, -0.15) is 0 Å². The summed E-state index contributed by atoms with van der Waals surface area (Å²) in [5.41, 5.74) is 17.8. The van der Waals surface area contributed by atoms with Crippen molar-refractivity contribution in [2.75, 3.05) is 19.6 Å². The lowest BCUT2D eigenvalue weighted by Crippen LogP contribution is -2.60. The molecule has 3 rings (SSSR count). The summed E-state index contributed by atoms with van der Waals surface area (Å²) in [6.45, 7) is 3.99. The van der Waals surface area contributed by atoms with Gasteiger partial charge in [-0.15, -0.1) is 0 Å². The molecule has 0 aliphatic rings. The summed E-state index contributed by atoms with van der Waals surface area (Å²) >= 11 is 0. The molecule has 9 atom stereocenters. The molecule has 35 heteroatoms. The Hall–Kier alpha value is -9.76. The van der Waals surface area contributed by atoms with E-state index in [0.717, 1.165) is 12.1 Å². The Labute approximate surface area is 527 Å². The van der Waals surface area contributed by atoms with E-state index in [1.165, 1.54) is 88.4 Å². The second kappa shape index (κ2) is 37.4. The Balaban J connectivity index is 1.88. The number of unbranched alkanes of at least 4 members (excludes halogenated alkanes) is 1. The van der Waals surface area contributed by atoms with Crippen molar-refractivity contribution in [1.29, 1.82) is 0 Å². The molecule has 0 aromatic heterocycles. The van der Waals surface area contributed by atoms with E-state index in [2.05, 4.69) is 57.7 Å².